The van der Waals surface area contributed by atoms with Crippen LogP contribution in [0.3, 0.4) is 0 Å². The summed E-state index contributed by atoms with van der Waals surface area (Å²) in [5.74, 6) is -2.16. The molecule has 0 aliphatic carbocycles. The second-order valence-corrected chi connectivity index (χ2v) is 19.3. The maximum absolute atomic E-state index is 13.0. The number of carboxylic acids is 1. The summed E-state index contributed by atoms with van der Waals surface area (Å²) in [5.41, 5.74) is -1.29. The van der Waals surface area contributed by atoms with Crippen molar-refractivity contribution in [1.82, 2.24) is 5.32 Å². The van der Waals surface area contributed by atoms with Gasteiger partial charge < -0.3 is 24.6 Å². The van der Waals surface area contributed by atoms with Crippen LogP contribution in [0, 0.1) is 0 Å². The Kier molecular flexibility index (Phi) is 50.3. The van der Waals surface area contributed by atoms with Gasteiger partial charge in [0.25, 0.3) is 0 Å². The third-order valence-electron chi connectivity index (χ3n) is 12.4. The van der Waals surface area contributed by atoms with Crippen molar-refractivity contribution in [2.45, 2.75) is 264 Å². The Morgan fingerprint density at radius 2 is 0.614 bits per heavy atom. The van der Waals surface area contributed by atoms with Crippen molar-refractivity contribution in [3.05, 3.63) is 72.9 Å². The number of esters is 3. The first-order valence-corrected chi connectivity index (χ1v) is 28.6. The number of allylic oxidation sites excluding steroid dienone is 12. The van der Waals surface area contributed by atoms with Gasteiger partial charge in [-0.25, -0.2) is 0 Å². The standard InChI is InChI=1S/C61H105NO8/c1-4-7-10-13-16-19-22-25-28-31-34-37-40-43-46-49-58(65)68-54-61(62-53-52-57(63)64,55-69-59(66)50-47-44-41-38-35-32-29-26-23-20-17-14-11-8-5-2)56-70-60(67)51-48-45-42-39-36-33-30-27-24-21-18-15-12-9-6-3/h16-21,25-30,62H,4-15,22-24,31-56H2,1-3H3,(H,63,64)/b19-16-,20-17-,21-18-,28-25-,29-26-,30-27-. The lowest BCUT2D eigenvalue weighted by molar-refractivity contribution is -0.157. The van der Waals surface area contributed by atoms with Crippen LogP contribution in [-0.2, 0) is 33.4 Å². The summed E-state index contributed by atoms with van der Waals surface area (Å²) in [6.07, 6.45) is 63.3. The number of carbonyl (C=O) groups excluding carboxylic acids is 3. The quantitative estimate of drug-likeness (QED) is 0.0265. The summed E-state index contributed by atoms with van der Waals surface area (Å²) < 4.78 is 17.3. The van der Waals surface area contributed by atoms with E-state index >= 15 is 0 Å². The molecule has 0 atom stereocenters. The van der Waals surface area contributed by atoms with Gasteiger partial charge in [-0.05, 0) is 116 Å². The van der Waals surface area contributed by atoms with Crippen molar-refractivity contribution in [2.24, 2.45) is 0 Å². The first kappa shape index (κ1) is 66.3. The van der Waals surface area contributed by atoms with E-state index in [9.17, 15) is 24.3 Å². The highest BCUT2D eigenvalue weighted by atomic mass is 16.6. The second kappa shape index (κ2) is 53.1. The lowest BCUT2D eigenvalue weighted by atomic mass is 10.0. The van der Waals surface area contributed by atoms with E-state index in [1.54, 1.807) is 0 Å². The van der Waals surface area contributed by atoms with E-state index in [1.807, 2.05) is 0 Å². The first-order chi connectivity index (χ1) is 34.3. The van der Waals surface area contributed by atoms with E-state index in [2.05, 4.69) is 99.0 Å². The summed E-state index contributed by atoms with van der Waals surface area (Å²) >= 11 is 0. The Morgan fingerprint density at radius 1 is 0.357 bits per heavy atom. The lowest BCUT2D eigenvalue weighted by Gasteiger charge is -2.33. The molecule has 0 bridgehead atoms. The predicted molar refractivity (Wildman–Crippen MR) is 294 cm³/mol. The van der Waals surface area contributed by atoms with Gasteiger partial charge in [-0.3, -0.25) is 19.2 Å². The maximum Gasteiger partial charge on any atom is 0.305 e. The summed E-state index contributed by atoms with van der Waals surface area (Å²) in [6, 6.07) is 0. The molecule has 0 aliphatic heterocycles. The van der Waals surface area contributed by atoms with Gasteiger partial charge in [0, 0.05) is 25.8 Å². The Bertz CT molecular complexity index is 1260. The van der Waals surface area contributed by atoms with Crippen LogP contribution < -0.4 is 5.32 Å². The normalized spacial score (nSPS) is 12.3. The Morgan fingerprint density at radius 3 is 0.886 bits per heavy atom. The van der Waals surface area contributed by atoms with Gasteiger partial charge in [0.15, 0.2) is 0 Å². The zero-order chi connectivity index (χ0) is 51.1. The molecule has 0 fully saturated rings. The van der Waals surface area contributed by atoms with E-state index in [4.69, 9.17) is 14.2 Å². The SMILES string of the molecule is CCCCC/C=C\C/C=C\CCCCCCCC(=O)OCC(COC(=O)CCCCCCC/C=C\C/C=C\CCCCC)(COC(=O)CCCCCCC/C=C\C/C=C\CCCCC)NCCC(=O)O. The molecular weight excluding hydrogens is 875 g/mol. The molecule has 9 nitrogen and oxygen atoms in total. The van der Waals surface area contributed by atoms with Gasteiger partial charge in [-0.2, -0.15) is 0 Å². The first-order valence-electron chi connectivity index (χ1n) is 28.6. The second-order valence-electron chi connectivity index (χ2n) is 19.3. The van der Waals surface area contributed by atoms with Gasteiger partial charge in [-0.15, -0.1) is 0 Å². The van der Waals surface area contributed by atoms with Crippen LogP contribution in [0.1, 0.15) is 258 Å². The largest absolute Gasteiger partial charge is 0.481 e. The van der Waals surface area contributed by atoms with Crippen molar-refractivity contribution in [3.8, 4) is 0 Å². The minimum atomic E-state index is -1.29. The number of carbonyl (C=O) groups is 4. The molecule has 0 aliphatic rings. The number of rotatable bonds is 52. The molecule has 0 spiro atoms. The number of aliphatic carboxylic acids is 1. The van der Waals surface area contributed by atoms with Crippen LogP contribution in [0.2, 0.25) is 0 Å². The highest BCUT2D eigenvalue weighted by molar-refractivity contribution is 5.70. The monoisotopic (exact) mass is 980 g/mol. The molecular formula is C61H105NO8. The van der Waals surface area contributed by atoms with Crippen molar-refractivity contribution < 1.29 is 38.5 Å². The third-order valence-corrected chi connectivity index (χ3v) is 12.4. The van der Waals surface area contributed by atoms with Crippen molar-refractivity contribution in [3.63, 3.8) is 0 Å². The molecule has 0 aromatic carbocycles. The Hall–Kier alpha value is -3.72. The van der Waals surface area contributed by atoms with Crippen LogP contribution in [0.15, 0.2) is 72.9 Å². The van der Waals surface area contributed by atoms with Gasteiger partial charge >= 0.3 is 23.9 Å². The van der Waals surface area contributed by atoms with Gasteiger partial charge in [0.1, 0.15) is 25.4 Å². The molecule has 70 heavy (non-hydrogen) atoms. The molecule has 0 saturated heterocycles. The molecule has 0 aromatic heterocycles. The molecule has 0 radical (unpaired) electrons. The zero-order valence-electron chi connectivity index (χ0n) is 45.2. The molecule has 9 heteroatoms. The van der Waals surface area contributed by atoms with Crippen LogP contribution in [-0.4, -0.2) is 60.9 Å². The molecule has 402 valence electrons. The fraction of sp³-hybridized carbons (Fsp3) is 0.738. The summed E-state index contributed by atoms with van der Waals surface area (Å²) in [6.45, 7) is 6.03. The molecule has 0 unspecified atom stereocenters. The van der Waals surface area contributed by atoms with Gasteiger partial charge in [0.2, 0.25) is 0 Å². The van der Waals surface area contributed by atoms with Crippen molar-refractivity contribution >= 4 is 23.9 Å². The van der Waals surface area contributed by atoms with Crippen molar-refractivity contribution in [2.75, 3.05) is 26.4 Å². The number of unbranched alkanes of at least 4 members (excludes halogenated alkanes) is 24. The Balaban J connectivity index is 5.06. The average Bonchev–Trinajstić information content (AvgIpc) is 3.35. The fourth-order valence-corrected chi connectivity index (χ4v) is 7.83. The number of hydrogen-bond acceptors (Lipinski definition) is 8. The molecule has 0 rings (SSSR count). The van der Waals surface area contributed by atoms with E-state index < -0.39 is 11.5 Å². The van der Waals surface area contributed by atoms with E-state index in [0.717, 1.165) is 116 Å². The third kappa shape index (κ3) is 49.3. The molecule has 0 aromatic rings. The summed E-state index contributed by atoms with van der Waals surface area (Å²) in [5, 5.41) is 12.6. The summed E-state index contributed by atoms with van der Waals surface area (Å²) in [4.78, 5) is 50.6. The molecule has 0 saturated carbocycles. The highest BCUT2D eigenvalue weighted by Crippen LogP contribution is 2.16. The summed E-state index contributed by atoms with van der Waals surface area (Å²) in [7, 11) is 0. The lowest BCUT2D eigenvalue weighted by Crippen LogP contribution is -2.57. The van der Waals surface area contributed by atoms with Crippen LogP contribution in [0.5, 0.6) is 0 Å². The molecule has 0 amide bonds. The van der Waals surface area contributed by atoms with Gasteiger partial charge in [0.05, 0.1) is 6.42 Å². The minimum Gasteiger partial charge on any atom is -0.481 e. The van der Waals surface area contributed by atoms with Crippen LogP contribution >= 0.6 is 0 Å². The number of hydrogen-bond donors (Lipinski definition) is 2. The smallest absolute Gasteiger partial charge is 0.305 e. The van der Waals surface area contributed by atoms with E-state index in [1.165, 1.54) is 77.0 Å². The topological polar surface area (TPSA) is 128 Å². The van der Waals surface area contributed by atoms with Crippen LogP contribution in [0.4, 0.5) is 0 Å². The van der Waals surface area contributed by atoms with E-state index in [-0.39, 0.29) is 70.0 Å². The fourth-order valence-electron chi connectivity index (χ4n) is 7.83. The number of nitrogens with one attached hydrogen (secondary N) is 1. The van der Waals surface area contributed by atoms with Crippen LogP contribution in [0.25, 0.3) is 0 Å². The zero-order valence-corrected chi connectivity index (χ0v) is 45.2. The average molecular weight is 981 g/mol. The number of carboxylic acid groups (broad SMARTS) is 1. The predicted octanol–water partition coefficient (Wildman–Crippen LogP) is 16.9. The highest BCUT2D eigenvalue weighted by Gasteiger charge is 2.35. The molecule has 0 heterocycles. The number of ether oxygens (including phenoxy) is 3. The minimum absolute atomic E-state index is 0.0167. The Labute approximate surface area is 429 Å². The molecule has 2 N–H and O–H groups in total. The van der Waals surface area contributed by atoms with Gasteiger partial charge in [-0.1, -0.05) is 190 Å². The van der Waals surface area contributed by atoms with E-state index in [0.29, 0.717) is 19.3 Å². The van der Waals surface area contributed by atoms with Crippen molar-refractivity contribution in [1.29, 1.82) is 0 Å². The maximum atomic E-state index is 13.0.